The zero-order chi connectivity index (χ0) is 24.9. The van der Waals surface area contributed by atoms with Crippen LogP contribution in [0, 0.1) is 28.1 Å². The van der Waals surface area contributed by atoms with E-state index >= 15 is 0 Å². The Morgan fingerprint density at radius 1 is 1.03 bits per heavy atom. The van der Waals surface area contributed by atoms with Crippen LogP contribution in [0.4, 0.5) is 5.69 Å². The second kappa shape index (κ2) is 8.35. The van der Waals surface area contributed by atoms with Gasteiger partial charge in [-0.3, -0.25) is 0 Å². The van der Waals surface area contributed by atoms with Gasteiger partial charge in [0, 0.05) is 30.6 Å². The van der Waals surface area contributed by atoms with Crippen molar-refractivity contribution in [2.45, 2.75) is 84.7 Å². The van der Waals surface area contributed by atoms with E-state index in [4.69, 9.17) is 4.74 Å². The van der Waals surface area contributed by atoms with Crippen molar-refractivity contribution >= 4 is 11.8 Å². The maximum atomic E-state index is 9.43. The van der Waals surface area contributed by atoms with Gasteiger partial charge in [-0.1, -0.05) is 54.5 Å². The van der Waals surface area contributed by atoms with Crippen LogP contribution in [0.25, 0.3) is 6.08 Å². The van der Waals surface area contributed by atoms with Gasteiger partial charge in [-0.2, -0.15) is 10.5 Å². The van der Waals surface area contributed by atoms with E-state index in [1.165, 1.54) is 22.4 Å². The molecule has 1 aromatic rings. The van der Waals surface area contributed by atoms with Crippen LogP contribution in [0.1, 0.15) is 84.4 Å². The molecule has 0 amide bonds. The molecule has 0 aromatic heterocycles. The molecule has 1 aromatic carbocycles. The van der Waals surface area contributed by atoms with Crippen molar-refractivity contribution in [2.75, 3.05) is 18.0 Å². The van der Waals surface area contributed by atoms with Crippen LogP contribution in [0.5, 0.6) is 0 Å². The molecule has 4 nitrogen and oxygen atoms in total. The maximum Gasteiger partial charge on any atom is 0.133 e. The summed E-state index contributed by atoms with van der Waals surface area (Å²) in [4.78, 5) is 2.59. The summed E-state index contributed by atoms with van der Waals surface area (Å²) in [6.45, 7) is 18.0. The van der Waals surface area contributed by atoms with Crippen LogP contribution in [-0.2, 0) is 15.6 Å². The molecule has 0 aliphatic carbocycles. The Morgan fingerprint density at radius 2 is 1.59 bits per heavy atom. The first-order valence-corrected chi connectivity index (χ1v) is 12.4. The van der Waals surface area contributed by atoms with E-state index < -0.39 is 0 Å². The molecule has 4 rings (SSSR count). The second-order valence-corrected chi connectivity index (χ2v) is 12.3. The first-order valence-electron chi connectivity index (χ1n) is 12.4. The van der Waals surface area contributed by atoms with E-state index in [0.717, 1.165) is 37.3 Å². The number of benzene rings is 1. The third-order valence-corrected chi connectivity index (χ3v) is 7.71. The first-order chi connectivity index (χ1) is 15.9. The summed E-state index contributed by atoms with van der Waals surface area (Å²) < 4.78 is 6.33. The smallest absolute Gasteiger partial charge is 0.133 e. The normalized spacial score (nSPS) is 22.9. The van der Waals surface area contributed by atoms with Crippen molar-refractivity contribution in [3.8, 4) is 12.1 Å². The summed E-state index contributed by atoms with van der Waals surface area (Å²) in [7, 11) is 0. The van der Waals surface area contributed by atoms with E-state index in [1.807, 2.05) is 6.08 Å². The predicted octanol–water partition coefficient (Wildman–Crippen LogP) is 6.93. The molecular weight excluding hydrogens is 418 g/mol. The van der Waals surface area contributed by atoms with Crippen molar-refractivity contribution in [2.24, 2.45) is 5.41 Å². The van der Waals surface area contributed by atoms with E-state index in [1.54, 1.807) is 0 Å². The SMILES string of the molecule is CC(C)(C)C1=CC(=C(C#N)C#N)CC(C=Cc2cc3c4c(c2)C(C)(C)CCN4CCC3(C)C)O1. The Hall–Kier alpha value is -2.98. The van der Waals surface area contributed by atoms with Gasteiger partial charge in [0.1, 0.15) is 29.6 Å². The Morgan fingerprint density at radius 3 is 2.09 bits per heavy atom. The van der Waals surface area contributed by atoms with E-state index in [2.05, 4.69) is 89.8 Å². The fraction of sp³-hybridized carbons (Fsp3) is 0.533. The zero-order valence-electron chi connectivity index (χ0n) is 21.7. The number of ether oxygens (including phenoxy) is 1. The lowest BCUT2D eigenvalue weighted by molar-refractivity contribution is 0.0989. The Bertz CT molecular complexity index is 1120. The molecule has 0 saturated heterocycles. The van der Waals surface area contributed by atoms with Crippen LogP contribution < -0.4 is 4.90 Å². The Balaban J connectivity index is 1.74. The molecule has 1 atom stereocenters. The number of nitrogens with zero attached hydrogens (tertiary/aromatic N) is 3. The molecule has 0 N–H and O–H groups in total. The van der Waals surface area contributed by atoms with Gasteiger partial charge in [0.15, 0.2) is 0 Å². The third-order valence-electron chi connectivity index (χ3n) is 7.71. The topological polar surface area (TPSA) is 60.0 Å². The molecule has 0 bridgehead atoms. The molecule has 0 saturated carbocycles. The highest BCUT2D eigenvalue weighted by Gasteiger charge is 2.40. The molecule has 3 aliphatic heterocycles. The molecule has 1 unspecified atom stereocenters. The fourth-order valence-electron chi connectivity index (χ4n) is 5.29. The lowest BCUT2D eigenvalue weighted by atomic mass is 9.69. The fourth-order valence-corrected chi connectivity index (χ4v) is 5.29. The van der Waals surface area contributed by atoms with Gasteiger partial charge in [0.25, 0.3) is 0 Å². The molecule has 0 fully saturated rings. The van der Waals surface area contributed by atoms with Crippen LogP contribution in [0.2, 0.25) is 0 Å². The van der Waals surface area contributed by atoms with Gasteiger partial charge in [-0.25, -0.2) is 0 Å². The minimum absolute atomic E-state index is 0.145. The van der Waals surface area contributed by atoms with Gasteiger partial charge >= 0.3 is 0 Å². The lowest BCUT2D eigenvalue weighted by Gasteiger charge is -2.48. The molecule has 3 aliphatic rings. The predicted molar refractivity (Wildman–Crippen MR) is 138 cm³/mol. The van der Waals surface area contributed by atoms with Gasteiger partial charge in [0.05, 0.1) is 0 Å². The zero-order valence-corrected chi connectivity index (χ0v) is 21.7. The summed E-state index contributed by atoms with van der Waals surface area (Å²) >= 11 is 0. The monoisotopic (exact) mass is 455 g/mol. The van der Waals surface area contributed by atoms with E-state index in [-0.39, 0.29) is 27.9 Å². The van der Waals surface area contributed by atoms with Crippen LogP contribution in [0.15, 0.2) is 41.2 Å². The molecule has 0 radical (unpaired) electrons. The van der Waals surface area contributed by atoms with Crippen molar-refractivity contribution in [1.82, 2.24) is 0 Å². The van der Waals surface area contributed by atoms with Gasteiger partial charge < -0.3 is 9.64 Å². The number of allylic oxidation sites excluding steroid dienone is 3. The highest BCUT2D eigenvalue weighted by molar-refractivity contribution is 5.71. The van der Waals surface area contributed by atoms with Gasteiger partial charge in [-0.15, -0.1) is 0 Å². The Labute approximate surface area is 205 Å². The first kappa shape index (κ1) is 24.2. The van der Waals surface area contributed by atoms with E-state index in [9.17, 15) is 10.5 Å². The summed E-state index contributed by atoms with van der Waals surface area (Å²) in [5.41, 5.74) is 6.55. The van der Waals surface area contributed by atoms with Crippen molar-refractivity contribution in [3.05, 3.63) is 57.9 Å². The number of hydrogen-bond donors (Lipinski definition) is 0. The highest BCUT2D eigenvalue weighted by Crippen LogP contribution is 2.49. The van der Waals surface area contributed by atoms with Crippen molar-refractivity contribution in [1.29, 1.82) is 10.5 Å². The van der Waals surface area contributed by atoms with Gasteiger partial charge in [0.2, 0.25) is 0 Å². The number of nitriles is 2. The minimum atomic E-state index is -0.212. The lowest BCUT2D eigenvalue weighted by Crippen LogP contribution is -2.44. The number of anilines is 1. The summed E-state index contributed by atoms with van der Waals surface area (Å²) in [5.74, 6) is 0.810. The molecular formula is C30H37N3O. The molecule has 0 spiro atoms. The molecule has 3 heterocycles. The summed E-state index contributed by atoms with van der Waals surface area (Å²) in [5, 5.41) is 18.9. The van der Waals surface area contributed by atoms with E-state index in [0.29, 0.717) is 6.42 Å². The summed E-state index contributed by atoms with van der Waals surface area (Å²) in [6, 6.07) is 8.83. The highest BCUT2D eigenvalue weighted by atomic mass is 16.5. The van der Waals surface area contributed by atoms with Crippen molar-refractivity contribution < 1.29 is 4.74 Å². The molecule has 4 heteroatoms. The molecule has 178 valence electrons. The minimum Gasteiger partial charge on any atom is -0.490 e. The van der Waals surface area contributed by atoms with Crippen LogP contribution in [-0.4, -0.2) is 19.2 Å². The largest absolute Gasteiger partial charge is 0.490 e. The number of hydrogen-bond acceptors (Lipinski definition) is 4. The van der Waals surface area contributed by atoms with Crippen LogP contribution >= 0.6 is 0 Å². The number of rotatable bonds is 2. The maximum absolute atomic E-state index is 9.43. The quantitative estimate of drug-likeness (QED) is 0.454. The van der Waals surface area contributed by atoms with Crippen LogP contribution in [0.3, 0.4) is 0 Å². The summed E-state index contributed by atoms with van der Waals surface area (Å²) in [6.07, 6.45) is 8.79. The average molecular weight is 456 g/mol. The van der Waals surface area contributed by atoms with Gasteiger partial charge in [-0.05, 0) is 70.2 Å². The van der Waals surface area contributed by atoms with Crippen molar-refractivity contribution in [3.63, 3.8) is 0 Å². The third kappa shape index (κ3) is 4.39. The second-order valence-electron chi connectivity index (χ2n) is 12.3. The Kier molecular flexibility index (Phi) is 5.93. The standard InChI is InChI=1S/C30H37N3O/c1-28(2,3)26-17-21(22(18-31)19-32)16-23(34-26)9-8-20-14-24-27-25(15-20)30(6,7)11-13-33(27)12-10-29(24,4)5/h8-9,14-15,17,23H,10-13,16H2,1-7H3. The average Bonchev–Trinajstić information content (AvgIpc) is 2.76. The molecule has 34 heavy (non-hydrogen) atoms.